The Hall–Kier alpha value is -2.30. The van der Waals surface area contributed by atoms with Crippen LogP contribution in [0.5, 0.6) is 11.5 Å². The maximum Gasteiger partial charge on any atom is 0.223 e. The Kier molecular flexibility index (Phi) is 4.11. The standard InChI is InChI=1S/C18H21NO4/c1-11(20)19-8-7-12-9-16(22-2)17(23-3)10-14(12)13-5-4-6-15(21)18(13)19/h9-10H,4-8H2,1-3H3. The molecule has 0 N–H and O–H groups in total. The summed E-state index contributed by atoms with van der Waals surface area (Å²) in [7, 11) is 3.21. The summed E-state index contributed by atoms with van der Waals surface area (Å²) in [5.74, 6) is 1.29. The molecule has 1 aliphatic heterocycles. The Morgan fingerprint density at radius 3 is 2.43 bits per heavy atom. The molecular formula is C18H21NO4. The van der Waals surface area contributed by atoms with Crippen LogP contribution in [0.4, 0.5) is 0 Å². The van der Waals surface area contributed by atoms with Crippen molar-refractivity contribution in [3.05, 3.63) is 29.0 Å². The number of ketones is 1. The number of rotatable bonds is 2. The molecule has 2 aliphatic rings. The summed E-state index contributed by atoms with van der Waals surface area (Å²) in [5, 5.41) is 0. The molecule has 0 unspecified atom stereocenters. The van der Waals surface area contributed by atoms with Gasteiger partial charge in [-0.15, -0.1) is 0 Å². The van der Waals surface area contributed by atoms with Crippen molar-refractivity contribution in [1.29, 1.82) is 0 Å². The maximum atomic E-state index is 12.5. The third kappa shape index (κ3) is 2.60. The molecule has 1 aliphatic carbocycles. The van der Waals surface area contributed by atoms with Gasteiger partial charge in [-0.3, -0.25) is 9.59 Å². The van der Waals surface area contributed by atoms with Crippen LogP contribution in [-0.2, 0) is 16.0 Å². The Labute approximate surface area is 135 Å². The third-order valence-electron chi connectivity index (χ3n) is 4.57. The van der Waals surface area contributed by atoms with Crippen LogP contribution in [0.1, 0.15) is 37.3 Å². The SMILES string of the molecule is COc1cc2c(cc1OC)C1=C(C(=O)CCC1)N(C(C)=O)CC2. The highest BCUT2D eigenvalue weighted by atomic mass is 16.5. The smallest absolute Gasteiger partial charge is 0.223 e. The van der Waals surface area contributed by atoms with E-state index in [1.165, 1.54) is 6.92 Å². The Bertz CT molecular complexity index is 705. The number of amides is 1. The van der Waals surface area contributed by atoms with Crippen molar-refractivity contribution < 1.29 is 19.1 Å². The van der Waals surface area contributed by atoms with Crippen molar-refractivity contribution in [2.45, 2.75) is 32.6 Å². The normalized spacial score (nSPS) is 17.3. The molecule has 0 atom stereocenters. The van der Waals surface area contributed by atoms with Gasteiger partial charge in [-0.1, -0.05) is 0 Å². The number of nitrogens with zero attached hydrogens (tertiary/aromatic N) is 1. The molecule has 0 spiro atoms. The van der Waals surface area contributed by atoms with Gasteiger partial charge in [0.1, 0.15) is 0 Å². The van der Waals surface area contributed by atoms with Crippen LogP contribution in [0.3, 0.4) is 0 Å². The van der Waals surface area contributed by atoms with Crippen molar-refractivity contribution >= 4 is 17.3 Å². The van der Waals surface area contributed by atoms with E-state index in [9.17, 15) is 9.59 Å². The Balaban J connectivity index is 2.23. The molecule has 23 heavy (non-hydrogen) atoms. The number of hydrogen-bond donors (Lipinski definition) is 0. The van der Waals surface area contributed by atoms with E-state index in [2.05, 4.69) is 0 Å². The molecular weight excluding hydrogens is 294 g/mol. The van der Waals surface area contributed by atoms with E-state index >= 15 is 0 Å². The summed E-state index contributed by atoms with van der Waals surface area (Å²) in [4.78, 5) is 26.1. The largest absolute Gasteiger partial charge is 0.493 e. The zero-order chi connectivity index (χ0) is 16.6. The van der Waals surface area contributed by atoms with Crippen molar-refractivity contribution in [2.24, 2.45) is 0 Å². The topological polar surface area (TPSA) is 55.8 Å². The lowest BCUT2D eigenvalue weighted by molar-refractivity contribution is -0.130. The minimum atomic E-state index is -0.0838. The van der Waals surface area contributed by atoms with Crippen LogP contribution in [0, 0.1) is 0 Å². The molecule has 5 nitrogen and oxygen atoms in total. The first-order chi connectivity index (χ1) is 11.1. The maximum absolute atomic E-state index is 12.5. The number of ether oxygens (including phenoxy) is 2. The van der Waals surface area contributed by atoms with Gasteiger partial charge < -0.3 is 14.4 Å². The van der Waals surface area contributed by atoms with Gasteiger partial charge in [0.05, 0.1) is 19.9 Å². The molecule has 3 rings (SSSR count). The van der Waals surface area contributed by atoms with E-state index in [1.54, 1.807) is 19.1 Å². The number of methoxy groups -OCH3 is 2. The molecule has 5 heteroatoms. The first-order valence-corrected chi connectivity index (χ1v) is 7.86. The number of fused-ring (bicyclic) bond motifs is 2. The van der Waals surface area contributed by atoms with E-state index in [1.807, 2.05) is 12.1 Å². The number of carbonyl (C=O) groups excluding carboxylic acids is 2. The van der Waals surface area contributed by atoms with Crippen molar-refractivity contribution in [2.75, 3.05) is 20.8 Å². The number of allylic oxidation sites excluding steroid dienone is 2. The van der Waals surface area contributed by atoms with Crippen LogP contribution < -0.4 is 9.47 Å². The van der Waals surface area contributed by atoms with Crippen LogP contribution in [-0.4, -0.2) is 37.4 Å². The molecule has 1 aromatic rings. The molecule has 1 amide bonds. The predicted molar refractivity (Wildman–Crippen MR) is 86.4 cm³/mol. The number of hydrogen-bond acceptors (Lipinski definition) is 4. The van der Waals surface area contributed by atoms with E-state index in [0.29, 0.717) is 36.6 Å². The first-order valence-electron chi connectivity index (χ1n) is 7.86. The lowest BCUT2D eigenvalue weighted by Crippen LogP contribution is -2.34. The second kappa shape index (κ2) is 6.07. The van der Waals surface area contributed by atoms with Gasteiger partial charge in [0.2, 0.25) is 5.91 Å². The summed E-state index contributed by atoms with van der Waals surface area (Å²) in [6.45, 7) is 2.03. The van der Waals surface area contributed by atoms with E-state index < -0.39 is 0 Å². The molecule has 0 aromatic heterocycles. The van der Waals surface area contributed by atoms with Crippen LogP contribution in [0.2, 0.25) is 0 Å². The monoisotopic (exact) mass is 315 g/mol. The van der Waals surface area contributed by atoms with Crippen LogP contribution in [0.15, 0.2) is 17.8 Å². The highest BCUT2D eigenvalue weighted by Gasteiger charge is 2.32. The lowest BCUT2D eigenvalue weighted by atomic mass is 9.87. The summed E-state index contributed by atoms with van der Waals surface area (Å²) < 4.78 is 10.8. The average Bonchev–Trinajstić information content (AvgIpc) is 2.71. The molecule has 1 heterocycles. The minimum Gasteiger partial charge on any atom is -0.493 e. The molecule has 1 aromatic carbocycles. The summed E-state index contributed by atoms with van der Waals surface area (Å²) in [5.41, 5.74) is 3.64. The minimum absolute atomic E-state index is 0.0593. The molecule has 0 radical (unpaired) electrons. The fourth-order valence-corrected chi connectivity index (χ4v) is 3.47. The fraction of sp³-hybridized carbons (Fsp3) is 0.444. The van der Waals surface area contributed by atoms with Gasteiger partial charge in [0.15, 0.2) is 17.3 Å². The molecule has 0 bridgehead atoms. The van der Waals surface area contributed by atoms with Gasteiger partial charge >= 0.3 is 0 Å². The third-order valence-corrected chi connectivity index (χ3v) is 4.57. The van der Waals surface area contributed by atoms with Gasteiger partial charge in [0, 0.05) is 19.9 Å². The van der Waals surface area contributed by atoms with Gasteiger partial charge in [-0.25, -0.2) is 0 Å². The number of Topliss-reactive ketones (excluding diaryl/α,β-unsaturated/α-hetero) is 1. The summed E-state index contributed by atoms with van der Waals surface area (Å²) in [6.07, 6.45) is 2.81. The molecule has 0 saturated carbocycles. The molecule has 0 fully saturated rings. The lowest BCUT2D eigenvalue weighted by Gasteiger charge is -2.27. The van der Waals surface area contributed by atoms with Crippen LogP contribution in [0.25, 0.3) is 5.57 Å². The summed E-state index contributed by atoms with van der Waals surface area (Å²) in [6, 6.07) is 3.90. The van der Waals surface area contributed by atoms with E-state index in [4.69, 9.17) is 9.47 Å². The van der Waals surface area contributed by atoms with Gasteiger partial charge in [-0.05, 0) is 48.1 Å². The van der Waals surface area contributed by atoms with E-state index in [-0.39, 0.29) is 11.7 Å². The second-order valence-corrected chi connectivity index (χ2v) is 5.89. The zero-order valence-electron chi connectivity index (χ0n) is 13.8. The Morgan fingerprint density at radius 2 is 1.78 bits per heavy atom. The Morgan fingerprint density at radius 1 is 1.09 bits per heavy atom. The number of benzene rings is 1. The van der Waals surface area contributed by atoms with Gasteiger partial charge in [-0.2, -0.15) is 0 Å². The highest BCUT2D eigenvalue weighted by Crippen LogP contribution is 2.41. The van der Waals surface area contributed by atoms with Crippen molar-refractivity contribution in [1.82, 2.24) is 4.90 Å². The zero-order valence-corrected chi connectivity index (χ0v) is 13.8. The molecule has 122 valence electrons. The van der Waals surface area contributed by atoms with Crippen molar-refractivity contribution in [3.8, 4) is 11.5 Å². The highest BCUT2D eigenvalue weighted by molar-refractivity contribution is 6.07. The fourth-order valence-electron chi connectivity index (χ4n) is 3.47. The quantitative estimate of drug-likeness (QED) is 0.842. The first kappa shape index (κ1) is 15.6. The summed E-state index contributed by atoms with van der Waals surface area (Å²) >= 11 is 0. The van der Waals surface area contributed by atoms with Gasteiger partial charge in [0.25, 0.3) is 0 Å². The number of carbonyl (C=O) groups is 2. The predicted octanol–water partition coefficient (Wildman–Crippen LogP) is 2.57. The van der Waals surface area contributed by atoms with Crippen molar-refractivity contribution in [3.63, 3.8) is 0 Å². The van der Waals surface area contributed by atoms with Crippen LogP contribution >= 0.6 is 0 Å². The molecule has 0 saturated heterocycles. The second-order valence-electron chi connectivity index (χ2n) is 5.89. The van der Waals surface area contributed by atoms with E-state index in [0.717, 1.165) is 29.5 Å². The average molecular weight is 315 g/mol.